The second-order valence-corrected chi connectivity index (χ2v) is 9.38. The minimum Gasteiger partial charge on any atom is -0.508 e. The second-order valence-electron chi connectivity index (χ2n) is 9.38. The first-order valence-electron chi connectivity index (χ1n) is 11.4. The number of benzene rings is 1. The number of carbonyl (C=O) groups is 1. The van der Waals surface area contributed by atoms with Crippen LogP contribution < -0.4 is 0 Å². The van der Waals surface area contributed by atoms with E-state index in [1.807, 2.05) is 0 Å². The van der Waals surface area contributed by atoms with Gasteiger partial charge >= 0.3 is 5.97 Å². The number of aliphatic hydroxyl groups is 6. The van der Waals surface area contributed by atoms with Gasteiger partial charge in [-0.25, -0.2) is 4.79 Å². The minimum absolute atomic E-state index is 0.0669. The van der Waals surface area contributed by atoms with Crippen molar-refractivity contribution < 1.29 is 59.5 Å². The molecule has 4 rings (SSSR count). The Bertz CT molecular complexity index is 993. The van der Waals surface area contributed by atoms with E-state index in [2.05, 4.69) is 0 Å². The van der Waals surface area contributed by atoms with Crippen LogP contribution in [0.5, 0.6) is 5.75 Å². The van der Waals surface area contributed by atoms with E-state index in [9.17, 15) is 40.5 Å². The number of fused-ring (bicyclic) bond motifs is 1. The maximum atomic E-state index is 12.7. The molecular formula is C24H30O12. The van der Waals surface area contributed by atoms with Gasteiger partial charge in [-0.05, 0) is 36.8 Å². The van der Waals surface area contributed by atoms with Crippen molar-refractivity contribution in [3.05, 3.63) is 48.2 Å². The number of hydrogen-bond acceptors (Lipinski definition) is 12. The lowest BCUT2D eigenvalue weighted by Gasteiger charge is -2.45. The summed E-state index contributed by atoms with van der Waals surface area (Å²) in [5.41, 5.74) is -2.84. The molecule has 2 aliphatic heterocycles. The number of aliphatic hydroxyl groups excluding tert-OH is 5. The molecule has 2 heterocycles. The van der Waals surface area contributed by atoms with E-state index in [4.69, 9.17) is 18.9 Å². The fraction of sp³-hybridized carbons (Fsp3) is 0.542. The Hall–Kier alpha value is -2.55. The predicted molar refractivity (Wildman–Crippen MR) is 120 cm³/mol. The highest BCUT2D eigenvalue weighted by atomic mass is 16.8. The first kappa shape index (κ1) is 26.5. The number of carbonyl (C=O) groups excluding carboxylic acids is 1. The summed E-state index contributed by atoms with van der Waals surface area (Å²) in [6.07, 6.45) is -5.96. The third-order valence-electron chi connectivity index (χ3n) is 6.86. The highest BCUT2D eigenvalue weighted by molar-refractivity contribution is 5.87. The van der Waals surface area contributed by atoms with Crippen LogP contribution in [0.15, 0.2) is 42.7 Å². The van der Waals surface area contributed by atoms with Crippen molar-refractivity contribution in [1.82, 2.24) is 0 Å². The molecule has 2 fully saturated rings. The van der Waals surface area contributed by atoms with Crippen LogP contribution in [0.4, 0.5) is 0 Å². The lowest BCUT2D eigenvalue weighted by molar-refractivity contribution is -0.351. The van der Waals surface area contributed by atoms with Crippen molar-refractivity contribution in [2.75, 3.05) is 6.61 Å². The van der Waals surface area contributed by atoms with Gasteiger partial charge in [0, 0.05) is 12.5 Å². The van der Waals surface area contributed by atoms with E-state index in [1.165, 1.54) is 31.2 Å². The maximum Gasteiger partial charge on any atom is 0.331 e. The van der Waals surface area contributed by atoms with Crippen molar-refractivity contribution in [2.45, 2.75) is 67.6 Å². The van der Waals surface area contributed by atoms with Crippen LogP contribution in [0.2, 0.25) is 0 Å². The van der Waals surface area contributed by atoms with E-state index in [-0.39, 0.29) is 12.2 Å². The number of phenols is 1. The number of aromatic hydroxyl groups is 1. The van der Waals surface area contributed by atoms with Crippen molar-refractivity contribution >= 4 is 12.0 Å². The highest BCUT2D eigenvalue weighted by Crippen LogP contribution is 2.51. The highest BCUT2D eigenvalue weighted by Gasteiger charge is 2.66. The zero-order chi connectivity index (χ0) is 26.3. The summed E-state index contributed by atoms with van der Waals surface area (Å²) in [5.74, 6) is -1.93. The molecule has 12 heteroatoms. The quantitative estimate of drug-likeness (QED) is 0.173. The molecule has 1 saturated heterocycles. The van der Waals surface area contributed by atoms with E-state index < -0.39 is 72.8 Å². The molecule has 3 aliphatic rings. The number of esters is 1. The summed E-state index contributed by atoms with van der Waals surface area (Å²) in [5, 5.41) is 71.1. The lowest BCUT2D eigenvalue weighted by Crippen LogP contribution is -2.62. The van der Waals surface area contributed by atoms with Crippen LogP contribution in [0.25, 0.3) is 6.08 Å². The summed E-state index contributed by atoms with van der Waals surface area (Å²) < 4.78 is 22.2. The van der Waals surface area contributed by atoms with E-state index in [0.29, 0.717) is 5.56 Å². The molecule has 36 heavy (non-hydrogen) atoms. The number of rotatable bonds is 6. The van der Waals surface area contributed by atoms with Gasteiger partial charge in [-0.15, -0.1) is 0 Å². The first-order chi connectivity index (χ1) is 17.0. The molecule has 198 valence electrons. The third kappa shape index (κ3) is 4.86. The molecule has 7 N–H and O–H groups in total. The van der Waals surface area contributed by atoms with Gasteiger partial charge in [0.1, 0.15) is 41.4 Å². The van der Waals surface area contributed by atoms with Crippen molar-refractivity contribution in [3.8, 4) is 5.75 Å². The molecule has 0 bridgehead atoms. The molecule has 0 radical (unpaired) electrons. The molecule has 0 spiro atoms. The summed E-state index contributed by atoms with van der Waals surface area (Å²) in [6.45, 7) is 0.808. The smallest absolute Gasteiger partial charge is 0.331 e. The Morgan fingerprint density at radius 2 is 1.81 bits per heavy atom. The average Bonchev–Trinajstić information content (AvgIpc) is 3.04. The Balaban J connectivity index is 1.54. The normalized spacial score (nSPS) is 42.2. The number of phenolic OH excluding ortho intramolecular Hbond substituents is 1. The van der Waals surface area contributed by atoms with Gasteiger partial charge in [0.25, 0.3) is 0 Å². The monoisotopic (exact) mass is 510 g/mol. The SMILES string of the molecule is C[C@]1(OC(=O)/C=C/c2ccc(O)cc2)C[C@@H](O)[C@]2(O)C=COC(O[C@@H]3O[C@H](CO)[C@@H](O)[C@H](O)[C@H]3O)C12. The maximum absolute atomic E-state index is 12.7. The topological polar surface area (TPSA) is 196 Å². The first-order valence-corrected chi connectivity index (χ1v) is 11.4. The molecule has 1 aliphatic carbocycles. The summed E-state index contributed by atoms with van der Waals surface area (Å²) in [7, 11) is 0. The Kier molecular flexibility index (Phi) is 7.42. The predicted octanol–water partition coefficient (Wildman–Crippen LogP) is -1.49. The molecular weight excluding hydrogens is 480 g/mol. The van der Waals surface area contributed by atoms with Gasteiger partial charge in [0.2, 0.25) is 6.29 Å². The van der Waals surface area contributed by atoms with Gasteiger partial charge in [0.15, 0.2) is 6.29 Å². The van der Waals surface area contributed by atoms with E-state index in [0.717, 1.165) is 12.3 Å². The van der Waals surface area contributed by atoms with Crippen LogP contribution in [0.3, 0.4) is 0 Å². The molecule has 0 aromatic heterocycles. The second kappa shape index (κ2) is 10.1. The molecule has 2 unspecified atom stereocenters. The average molecular weight is 510 g/mol. The summed E-state index contributed by atoms with van der Waals surface area (Å²) in [6, 6.07) is 6.07. The number of ether oxygens (including phenoxy) is 4. The van der Waals surface area contributed by atoms with Crippen LogP contribution in [0, 0.1) is 5.92 Å². The number of hydrogen-bond donors (Lipinski definition) is 7. The van der Waals surface area contributed by atoms with Gasteiger partial charge in [-0.3, -0.25) is 0 Å². The van der Waals surface area contributed by atoms with Gasteiger partial charge < -0.3 is 54.7 Å². The lowest BCUT2D eigenvalue weighted by atomic mass is 9.81. The Morgan fingerprint density at radius 3 is 2.47 bits per heavy atom. The molecule has 1 saturated carbocycles. The van der Waals surface area contributed by atoms with Crippen molar-refractivity contribution in [2.24, 2.45) is 5.92 Å². The zero-order valence-corrected chi connectivity index (χ0v) is 19.3. The third-order valence-corrected chi connectivity index (χ3v) is 6.86. The van der Waals surface area contributed by atoms with E-state index in [1.54, 1.807) is 12.1 Å². The zero-order valence-electron chi connectivity index (χ0n) is 19.3. The molecule has 1 aromatic rings. The molecule has 1 aromatic carbocycles. The van der Waals surface area contributed by atoms with Gasteiger partial charge in [0.05, 0.1) is 24.9 Å². The molecule has 10 atom stereocenters. The van der Waals surface area contributed by atoms with Crippen molar-refractivity contribution in [1.29, 1.82) is 0 Å². The standard InChI is InChI=1S/C24H30O12/c1-23(36-16(28)7-4-12-2-5-13(26)6-3-12)10-15(27)24(32)8-9-33-22(20(23)24)35-21-19(31)18(30)17(29)14(11-25)34-21/h2-9,14-15,17-22,25-27,29-32H,10-11H2,1H3/b7-4+/t14-,15-,17-,18+,19-,20?,21+,22?,23+,24-/m1/s1. The fourth-order valence-electron chi connectivity index (χ4n) is 4.94. The van der Waals surface area contributed by atoms with Crippen molar-refractivity contribution in [3.63, 3.8) is 0 Å². The van der Waals surface area contributed by atoms with Crippen LogP contribution in [-0.2, 0) is 23.7 Å². The van der Waals surface area contributed by atoms with Gasteiger partial charge in [-0.2, -0.15) is 0 Å². The largest absolute Gasteiger partial charge is 0.508 e. The Morgan fingerprint density at radius 1 is 1.11 bits per heavy atom. The minimum atomic E-state index is -1.94. The van der Waals surface area contributed by atoms with E-state index >= 15 is 0 Å². The van der Waals surface area contributed by atoms with Crippen LogP contribution in [-0.4, -0.2) is 103 Å². The fourth-order valence-corrected chi connectivity index (χ4v) is 4.94. The molecule has 12 nitrogen and oxygen atoms in total. The molecule has 0 amide bonds. The summed E-state index contributed by atoms with van der Waals surface area (Å²) >= 11 is 0. The summed E-state index contributed by atoms with van der Waals surface area (Å²) in [4.78, 5) is 12.7. The van der Waals surface area contributed by atoms with Crippen LogP contribution in [0.1, 0.15) is 18.9 Å². The van der Waals surface area contributed by atoms with Gasteiger partial charge in [-0.1, -0.05) is 12.1 Å². The Labute approximate surface area is 206 Å². The van der Waals surface area contributed by atoms with Crippen LogP contribution >= 0.6 is 0 Å².